The van der Waals surface area contributed by atoms with Crippen LogP contribution in [0, 0.1) is 13.8 Å². The molecular weight excluding hydrogens is 292 g/mol. The fourth-order valence-electron chi connectivity index (χ4n) is 2.37. The molecule has 0 unspecified atom stereocenters. The Hall–Kier alpha value is -0.430. The Morgan fingerprint density at radius 3 is 2.35 bits per heavy atom. The lowest BCUT2D eigenvalue weighted by atomic mass is 10.3. The van der Waals surface area contributed by atoms with Crippen LogP contribution in [0.3, 0.4) is 0 Å². The van der Waals surface area contributed by atoms with E-state index < -0.39 is 0 Å². The molecule has 0 fully saturated rings. The molecular formula is C14H25N2O2S2+. The Labute approximate surface area is 132 Å². The Morgan fingerprint density at radius 2 is 1.80 bits per heavy atom. The van der Waals surface area contributed by atoms with Crippen molar-refractivity contribution in [3.8, 4) is 0 Å². The number of thiol groups is 1. The number of aromatic nitrogens is 2. The van der Waals surface area contributed by atoms with Gasteiger partial charge in [0.25, 0.3) is 0 Å². The summed E-state index contributed by atoms with van der Waals surface area (Å²) in [5.74, 6) is 1.02. The SMILES string of the molecule is COCCCn1c(C)c(C)[n+](CCCOC)c1C(=S)S. The molecule has 0 aliphatic heterocycles. The van der Waals surface area contributed by atoms with Crippen LogP contribution in [0.4, 0.5) is 0 Å². The fraction of sp³-hybridized carbons (Fsp3) is 0.714. The number of imidazole rings is 1. The van der Waals surface area contributed by atoms with E-state index in [1.165, 1.54) is 11.4 Å². The highest BCUT2D eigenvalue weighted by atomic mass is 32.1. The smallest absolute Gasteiger partial charge is 0.306 e. The summed E-state index contributed by atoms with van der Waals surface area (Å²) in [6.07, 6.45) is 1.93. The van der Waals surface area contributed by atoms with E-state index >= 15 is 0 Å². The molecule has 0 bridgehead atoms. The van der Waals surface area contributed by atoms with Crippen molar-refractivity contribution in [3.63, 3.8) is 0 Å². The van der Waals surface area contributed by atoms with Crippen LogP contribution in [0.15, 0.2) is 0 Å². The molecule has 0 aliphatic carbocycles. The Morgan fingerprint density at radius 1 is 1.20 bits per heavy atom. The van der Waals surface area contributed by atoms with Crippen molar-refractivity contribution in [2.45, 2.75) is 39.8 Å². The van der Waals surface area contributed by atoms with Crippen LogP contribution in [-0.2, 0) is 22.6 Å². The summed E-state index contributed by atoms with van der Waals surface area (Å²) in [5, 5.41) is 0. The van der Waals surface area contributed by atoms with Gasteiger partial charge in [0, 0.05) is 54.1 Å². The highest BCUT2D eigenvalue weighted by Gasteiger charge is 2.26. The highest BCUT2D eigenvalue weighted by Crippen LogP contribution is 2.13. The second kappa shape index (κ2) is 8.77. The molecule has 1 aromatic heterocycles. The zero-order valence-electron chi connectivity index (χ0n) is 12.8. The normalized spacial score (nSPS) is 11.1. The third kappa shape index (κ3) is 4.28. The second-order valence-electron chi connectivity index (χ2n) is 4.80. The number of rotatable bonds is 9. The summed E-state index contributed by atoms with van der Waals surface area (Å²) in [4.78, 5) is 0. The maximum atomic E-state index is 5.33. The van der Waals surface area contributed by atoms with Crippen LogP contribution < -0.4 is 4.57 Å². The quantitative estimate of drug-likeness (QED) is 0.327. The fourth-order valence-corrected chi connectivity index (χ4v) is 2.83. The van der Waals surface area contributed by atoms with Crippen molar-refractivity contribution >= 4 is 29.0 Å². The van der Waals surface area contributed by atoms with Crippen LogP contribution in [0.5, 0.6) is 0 Å². The average molecular weight is 317 g/mol. The van der Waals surface area contributed by atoms with E-state index in [0.717, 1.165) is 45.0 Å². The van der Waals surface area contributed by atoms with E-state index in [9.17, 15) is 0 Å². The number of hydrogen-bond acceptors (Lipinski definition) is 3. The largest absolute Gasteiger partial charge is 0.385 e. The van der Waals surface area contributed by atoms with Crippen LogP contribution in [0.2, 0.25) is 0 Å². The number of methoxy groups -OCH3 is 2. The molecule has 0 saturated carbocycles. The van der Waals surface area contributed by atoms with Crippen molar-refractivity contribution in [1.29, 1.82) is 0 Å². The number of hydrogen-bond donors (Lipinski definition) is 1. The van der Waals surface area contributed by atoms with Crippen LogP contribution in [-0.4, -0.2) is 36.2 Å². The molecule has 0 N–H and O–H groups in total. The first kappa shape index (κ1) is 17.6. The maximum Gasteiger partial charge on any atom is 0.306 e. The van der Waals surface area contributed by atoms with E-state index in [2.05, 4.69) is 35.6 Å². The number of thiocarbonyl (C=S) groups is 1. The maximum absolute atomic E-state index is 5.33. The molecule has 0 amide bonds. The van der Waals surface area contributed by atoms with E-state index in [1.54, 1.807) is 14.2 Å². The molecule has 0 saturated heterocycles. The van der Waals surface area contributed by atoms with Crippen LogP contribution >= 0.6 is 24.8 Å². The second-order valence-corrected chi connectivity index (χ2v) is 5.95. The van der Waals surface area contributed by atoms with Gasteiger partial charge in [0.2, 0.25) is 0 Å². The first-order chi connectivity index (χ1) is 9.54. The number of nitrogens with zero attached hydrogens (tertiary/aromatic N) is 2. The van der Waals surface area contributed by atoms with Gasteiger partial charge in [-0.1, -0.05) is 12.2 Å². The van der Waals surface area contributed by atoms with Gasteiger partial charge in [-0.05, 0) is 0 Å². The van der Waals surface area contributed by atoms with Gasteiger partial charge >= 0.3 is 5.82 Å². The lowest BCUT2D eigenvalue weighted by Crippen LogP contribution is -2.41. The Kier molecular flexibility index (Phi) is 7.72. The van der Waals surface area contributed by atoms with Crippen molar-refractivity contribution in [1.82, 2.24) is 4.57 Å². The van der Waals surface area contributed by atoms with E-state index in [0.29, 0.717) is 4.20 Å². The van der Waals surface area contributed by atoms with E-state index in [4.69, 9.17) is 21.7 Å². The van der Waals surface area contributed by atoms with Gasteiger partial charge in [-0.2, -0.15) is 0 Å². The molecule has 0 atom stereocenters. The zero-order valence-corrected chi connectivity index (χ0v) is 14.5. The molecule has 0 aromatic carbocycles. The molecule has 4 nitrogen and oxygen atoms in total. The molecule has 6 heteroatoms. The monoisotopic (exact) mass is 317 g/mol. The van der Waals surface area contributed by atoms with Crippen molar-refractivity contribution in [2.75, 3.05) is 27.4 Å². The van der Waals surface area contributed by atoms with Gasteiger partial charge < -0.3 is 9.47 Å². The van der Waals surface area contributed by atoms with E-state index in [1.807, 2.05) is 0 Å². The molecule has 20 heavy (non-hydrogen) atoms. The van der Waals surface area contributed by atoms with Gasteiger partial charge in [0.1, 0.15) is 11.4 Å². The molecule has 1 aromatic rings. The summed E-state index contributed by atoms with van der Waals surface area (Å²) >= 11 is 9.73. The minimum atomic E-state index is 0.635. The van der Waals surface area contributed by atoms with Crippen LogP contribution in [0.1, 0.15) is 30.1 Å². The van der Waals surface area contributed by atoms with Gasteiger partial charge in [0.15, 0.2) is 4.20 Å². The zero-order chi connectivity index (χ0) is 15.1. The van der Waals surface area contributed by atoms with Gasteiger partial charge in [-0.15, -0.1) is 12.6 Å². The van der Waals surface area contributed by atoms with Gasteiger partial charge in [-0.3, -0.25) is 0 Å². The minimum absolute atomic E-state index is 0.635. The summed E-state index contributed by atoms with van der Waals surface area (Å²) in [6.45, 7) is 7.55. The minimum Gasteiger partial charge on any atom is -0.385 e. The summed E-state index contributed by atoms with van der Waals surface area (Å²) < 4.78 is 15.4. The molecule has 1 rings (SSSR count). The van der Waals surface area contributed by atoms with Crippen molar-refractivity contribution < 1.29 is 14.0 Å². The third-order valence-electron chi connectivity index (χ3n) is 3.50. The van der Waals surface area contributed by atoms with Gasteiger partial charge in [0.05, 0.1) is 13.1 Å². The summed E-state index contributed by atoms with van der Waals surface area (Å²) in [6, 6.07) is 0. The van der Waals surface area contributed by atoms with Crippen molar-refractivity contribution in [2.24, 2.45) is 0 Å². The van der Waals surface area contributed by atoms with E-state index in [-0.39, 0.29) is 0 Å². The highest BCUT2D eigenvalue weighted by molar-refractivity contribution is 8.11. The third-order valence-corrected chi connectivity index (χ3v) is 3.88. The Bertz CT molecular complexity index is 425. The standard InChI is InChI=1S/C14H24N2O2S2/c1-11-12(2)16(8-6-10-18-4)13(14(19)20)15(11)7-5-9-17-3/h5-10H2,1-4H3/p+1. The lowest BCUT2D eigenvalue weighted by Gasteiger charge is -2.04. The van der Waals surface area contributed by atoms with Crippen LogP contribution in [0.25, 0.3) is 0 Å². The summed E-state index contributed by atoms with van der Waals surface area (Å²) in [7, 11) is 3.45. The molecule has 0 spiro atoms. The molecule has 1 heterocycles. The topological polar surface area (TPSA) is 27.3 Å². The summed E-state index contributed by atoms with van der Waals surface area (Å²) in [5.41, 5.74) is 2.48. The number of ether oxygens (including phenoxy) is 2. The molecule has 0 aliphatic rings. The average Bonchev–Trinajstić information content (AvgIpc) is 2.64. The van der Waals surface area contributed by atoms with Crippen molar-refractivity contribution in [3.05, 3.63) is 17.2 Å². The molecule has 0 radical (unpaired) electrons. The molecule has 114 valence electrons. The first-order valence-electron chi connectivity index (χ1n) is 6.85. The Balaban J connectivity index is 3.03. The predicted molar refractivity (Wildman–Crippen MR) is 87.8 cm³/mol. The van der Waals surface area contributed by atoms with Gasteiger partial charge in [-0.25, -0.2) is 9.13 Å². The first-order valence-corrected chi connectivity index (χ1v) is 7.70. The lowest BCUT2D eigenvalue weighted by molar-refractivity contribution is -0.703. The predicted octanol–water partition coefficient (Wildman–Crippen LogP) is 2.07.